The molecule has 0 saturated heterocycles. The second-order valence-electron chi connectivity index (χ2n) is 8.17. The van der Waals surface area contributed by atoms with Crippen LogP contribution >= 0.6 is 11.3 Å². The van der Waals surface area contributed by atoms with Gasteiger partial charge in [0, 0.05) is 17.3 Å². The van der Waals surface area contributed by atoms with Crippen molar-refractivity contribution < 1.29 is 23.7 Å². The molecule has 2 aromatic heterocycles. The van der Waals surface area contributed by atoms with Crippen LogP contribution in [0.2, 0.25) is 0 Å². The van der Waals surface area contributed by atoms with Crippen molar-refractivity contribution in [1.82, 2.24) is 15.6 Å². The number of carbonyl (C=O) groups is 1. The summed E-state index contributed by atoms with van der Waals surface area (Å²) in [5, 5.41) is 17.5. The van der Waals surface area contributed by atoms with Gasteiger partial charge in [0.05, 0.1) is 17.3 Å². The van der Waals surface area contributed by atoms with Gasteiger partial charge in [-0.15, -0.1) is 0 Å². The molecule has 4 rings (SSSR count). The van der Waals surface area contributed by atoms with Crippen LogP contribution in [-0.2, 0) is 9.53 Å². The van der Waals surface area contributed by atoms with E-state index in [9.17, 15) is 14.4 Å². The number of halogens is 1. The molecule has 0 bridgehead atoms. The minimum Gasteiger partial charge on any atom is -0.467 e. The number of thiazole rings is 1. The number of amidine groups is 1. The highest BCUT2D eigenvalue weighted by molar-refractivity contribution is 7.22. The first-order chi connectivity index (χ1) is 16.9. The lowest BCUT2D eigenvalue weighted by molar-refractivity contribution is -0.142. The number of methoxy groups -OCH3 is 1. The van der Waals surface area contributed by atoms with E-state index >= 15 is 0 Å². The Morgan fingerprint density at radius 3 is 2.69 bits per heavy atom. The Labute approximate surface area is 204 Å². The number of hydroxylamine groups is 1. The number of carbonyl (C=O) groups excluding carboxylic acids is 1. The third-order valence-electron chi connectivity index (χ3n) is 5.08. The van der Waals surface area contributed by atoms with Gasteiger partial charge in [-0.25, -0.2) is 24.6 Å². The first kappa shape index (κ1) is 24.3. The Morgan fingerprint density at radius 1 is 1.23 bits per heavy atom. The number of aliphatic imine (C=N–C) groups is 1. The summed E-state index contributed by atoms with van der Waals surface area (Å²) < 4.78 is 24.3. The molecule has 2 heterocycles. The molecule has 0 radical (unpaired) electrons. The second kappa shape index (κ2) is 10.6. The van der Waals surface area contributed by atoms with E-state index < -0.39 is 12.0 Å². The average molecular weight is 498 g/mol. The molecule has 0 aliphatic heterocycles. The number of nitrogens with zero attached hydrogens (tertiary/aromatic N) is 3. The Kier molecular flexibility index (Phi) is 7.37. The molecule has 35 heavy (non-hydrogen) atoms. The molecular weight excluding hydrogens is 473 g/mol. The van der Waals surface area contributed by atoms with Gasteiger partial charge in [-0.05, 0) is 42.7 Å². The number of nitrogens with one attached hydrogen (secondary N) is 2. The van der Waals surface area contributed by atoms with Gasteiger partial charge >= 0.3 is 5.97 Å². The lowest BCUT2D eigenvalue weighted by Gasteiger charge is -2.13. The van der Waals surface area contributed by atoms with E-state index in [2.05, 4.69) is 20.4 Å². The fourth-order valence-electron chi connectivity index (χ4n) is 3.41. The zero-order valence-electron chi connectivity index (χ0n) is 19.3. The molecule has 0 saturated carbocycles. The third-order valence-corrected chi connectivity index (χ3v) is 6.02. The van der Waals surface area contributed by atoms with E-state index in [0.717, 1.165) is 21.5 Å². The van der Waals surface area contributed by atoms with Gasteiger partial charge < -0.3 is 14.6 Å². The van der Waals surface area contributed by atoms with Gasteiger partial charge in [-0.3, -0.25) is 5.21 Å². The minimum absolute atomic E-state index is 0.0228. The van der Waals surface area contributed by atoms with E-state index in [0.29, 0.717) is 17.2 Å². The molecule has 9 nitrogen and oxygen atoms in total. The number of ether oxygens (including phenoxy) is 1. The van der Waals surface area contributed by atoms with Crippen molar-refractivity contribution in [1.29, 1.82) is 0 Å². The summed E-state index contributed by atoms with van der Waals surface area (Å²) in [6.45, 7) is 3.92. The zero-order valence-corrected chi connectivity index (χ0v) is 20.1. The van der Waals surface area contributed by atoms with Gasteiger partial charge in [0.1, 0.15) is 17.6 Å². The maximum absolute atomic E-state index is 13.4. The topological polar surface area (TPSA) is 122 Å². The summed E-state index contributed by atoms with van der Waals surface area (Å²) in [7, 11) is 1.29. The van der Waals surface area contributed by atoms with Crippen LogP contribution < -0.4 is 10.8 Å². The van der Waals surface area contributed by atoms with E-state index in [1.54, 1.807) is 12.1 Å². The van der Waals surface area contributed by atoms with Crippen LogP contribution in [-0.4, -0.2) is 40.3 Å². The maximum Gasteiger partial charge on any atom is 0.330 e. The highest BCUT2D eigenvalue weighted by Crippen LogP contribution is 2.30. The SMILES string of the molecule is COC(=O)C(CC(C)C)N=C(NO)c1cc(-c2ccc(Nc3nc4ccc(F)cc4s3)cc2)no1. The van der Waals surface area contributed by atoms with E-state index in [1.165, 1.54) is 30.6 Å². The summed E-state index contributed by atoms with van der Waals surface area (Å²) in [5.41, 5.74) is 4.79. The molecule has 0 fully saturated rings. The van der Waals surface area contributed by atoms with Crippen molar-refractivity contribution in [2.24, 2.45) is 10.9 Å². The molecule has 182 valence electrons. The van der Waals surface area contributed by atoms with Crippen molar-refractivity contribution in [3.8, 4) is 11.3 Å². The number of hydrogen-bond donors (Lipinski definition) is 3. The summed E-state index contributed by atoms with van der Waals surface area (Å²) in [6, 6.07) is 12.7. The highest BCUT2D eigenvalue weighted by atomic mass is 32.1. The summed E-state index contributed by atoms with van der Waals surface area (Å²) in [5.74, 6) is -0.472. The number of esters is 1. The van der Waals surface area contributed by atoms with Gasteiger partial charge in [-0.1, -0.05) is 42.5 Å². The van der Waals surface area contributed by atoms with Gasteiger partial charge in [0.15, 0.2) is 11.0 Å². The van der Waals surface area contributed by atoms with Gasteiger partial charge in [0.25, 0.3) is 0 Å². The molecule has 4 aromatic rings. The van der Waals surface area contributed by atoms with Crippen molar-refractivity contribution in [2.75, 3.05) is 12.4 Å². The molecule has 11 heteroatoms. The fraction of sp³-hybridized carbons (Fsp3) is 0.250. The second-order valence-corrected chi connectivity index (χ2v) is 9.20. The largest absolute Gasteiger partial charge is 0.467 e. The Hall–Kier alpha value is -3.83. The van der Waals surface area contributed by atoms with Crippen LogP contribution in [0.4, 0.5) is 15.2 Å². The molecule has 1 unspecified atom stereocenters. The van der Waals surface area contributed by atoms with Crippen molar-refractivity contribution in [3.63, 3.8) is 0 Å². The van der Waals surface area contributed by atoms with Gasteiger partial charge in [-0.2, -0.15) is 0 Å². The average Bonchev–Trinajstić information content (AvgIpc) is 3.48. The highest BCUT2D eigenvalue weighted by Gasteiger charge is 2.22. The number of hydrogen-bond acceptors (Lipinski definition) is 9. The van der Waals surface area contributed by atoms with Crippen LogP contribution in [0.5, 0.6) is 0 Å². The summed E-state index contributed by atoms with van der Waals surface area (Å²) >= 11 is 1.36. The molecule has 0 amide bonds. The molecule has 0 aliphatic rings. The molecular formula is C24H24FN5O4S. The predicted molar refractivity (Wildman–Crippen MR) is 132 cm³/mol. The Balaban J connectivity index is 1.50. The molecule has 2 aromatic carbocycles. The summed E-state index contributed by atoms with van der Waals surface area (Å²) in [4.78, 5) is 20.8. The summed E-state index contributed by atoms with van der Waals surface area (Å²) in [6.07, 6.45) is 0.441. The molecule has 0 spiro atoms. The molecule has 3 N–H and O–H groups in total. The number of benzene rings is 2. The zero-order chi connectivity index (χ0) is 24.9. The van der Waals surface area contributed by atoms with E-state index in [4.69, 9.17) is 9.26 Å². The standard InChI is InChI=1S/C24H24FN5O4S/c1-13(2)10-19(23(31)33-3)27-22(29-32)20-12-18(30-34-20)14-4-7-16(8-5-14)26-24-28-17-9-6-15(25)11-21(17)35-24/h4-9,11-13,19,32H,10H2,1-3H3,(H,26,28)(H,27,29). The van der Waals surface area contributed by atoms with Gasteiger partial charge in [0.2, 0.25) is 5.76 Å². The fourth-order valence-corrected chi connectivity index (χ4v) is 4.32. The van der Waals surface area contributed by atoms with Crippen molar-refractivity contribution in [2.45, 2.75) is 26.3 Å². The number of aromatic nitrogens is 2. The first-order valence-electron chi connectivity index (χ1n) is 10.8. The minimum atomic E-state index is -0.799. The van der Waals surface area contributed by atoms with Crippen molar-refractivity contribution in [3.05, 3.63) is 60.1 Å². The Morgan fingerprint density at radius 2 is 2.00 bits per heavy atom. The first-order valence-corrected chi connectivity index (χ1v) is 11.6. The van der Waals surface area contributed by atoms with Crippen molar-refractivity contribution >= 4 is 44.2 Å². The van der Waals surface area contributed by atoms with E-state index in [1.807, 2.05) is 43.6 Å². The maximum atomic E-state index is 13.4. The normalized spacial score (nSPS) is 12.7. The number of anilines is 2. The number of fused-ring (bicyclic) bond motifs is 1. The van der Waals surface area contributed by atoms with E-state index in [-0.39, 0.29) is 23.3 Å². The third kappa shape index (κ3) is 5.81. The van der Waals surface area contributed by atoms with Crippen LogP contribution in [0.25, 0.3) is 21.5 Å². The molecule has 1 atom stereocenters. The van der Waals surface area contributed by atoms with Crippen LogP contribution in [0.15, 0.2) is 58.0 Å². The smallest absolute Gasteiger partial charge is 0.330 e. The lowest BCUT2D eigenvalue weighted by atomic mass is 10.0. The van der Waals surface area contributed by atoms with Crippen LogP contribution in [0.1, 0.15) is 26.0 Å². The van der Waals surface area contributed by atoms with Crippen LogP contribution in [0, 0.1) is 11.7 Å². The monoisotopic (exact) mass is 497 g/mol. The predicted octanol–water partition coefficient (Wildman–Crippen LogP) is 5.15. The number of rotatable bonds is 8. The van der Waals surface area contributed by atoms with Crippen LogP contribution in [0.3, 0.4) is 0 Å². The Bertz CT molecular complexity index is 1350. The molecule has 0 aliphatic carbocycles. The lowest BCUT2D eigenvalue weighted by Crippen LogP contribution is -2.28. The quantitative estimate of drug-likeness (QED) is 0.132.